The van der Waals surface area contributed by atoms with Crippen LogP contribution in [0.1, 0.15) is 18.9 Å². The predicted molar refractivity (Wildman–Crippen MR) is 65.9 cm³/mol. The molecule has 0 amide bonds. The van der Waals surface area contributed by atoms with Gasteiger partial charge in [-0.25, -0.2) is 13.4 Å². The number of hydrogen-bond donors (Lipinski definition) is 2. The van der Waals surface area contributed by atoms with Crippen LogP contribution in [0.5, 0.6) is 0 Å². The zero-order chi connectivity index (χ0) is 12.7. The SMILES string of the molecule is CCS(=O)(=O)Nc1cc(C#CCCO)ccn1. The molecule has 17 heavy (non-hydrogen) atoms. The topological polar surface area (TPSA) is 79.3 Å². The maximum atomic E-state index is 11.3. The number of nitrogens with zero attached hydrogens (tertiary/aromatic N) is 1. The van der Waals surface area contributed by atoms with Crippen LogP contribution < -0.4 is 4.72 Å². The maximum Gasteiger partial charge on any atom is 0.233 e. The van der Waals surface area contributed by atoms with Crippen molar-refractivity contribution in [1.29, 1.82) is 0 Å². The summed E-state index contributed by atoms with van der Waals surface area (Å²) in [5.41, 5.74) is 0.655. The van der Waals surface area contributed by atoms with E-state index in [1.807, 2.05) is 0 Å². The minimum absolute atomic E-state index is 0.00486. The number of anilines is 1. The number of pyridine rings is 1. The Hall–Kier alpha value is -1.58. The first kappa shape index (κ1) is 13.5. The highest BCUT2D eigenvalue weighted by molar-refractivity contribution is 7.92. The van der Waals surface area contributed by atoms with Gasteiger partial charge in [-0.3, -0.25) is 4.72 Å². The van der Waals surface area contributed by atoms with Crippen molar-refractivity contribution < 1.29 is 13.5 Å². The Balaban J connectivity index is 2.84. The van der Waals surface area contributed by atoms with Crippen LogP contribution in [0, 0.1) is 11.8 Å². The lowest BCUT2D eigenvalue weighted by Gasteiger charge is -2.04. The highest BCUT2D eigenvalue weighted by Crippen LogP contribution is 2.07. The second-order valence-corrected chi connectivity index (χ2v) is 5.22. The van der Waals surface area contributed by atoms with Gasteiger partial charge in [-0.05, 0) is 19.1 Å². The van der Waals surface area contributed by atoms with E-state index in [2.05, 4.69) is 21.5 Å². The average molecular weight is 254 g/mol. The maximum absolute atomic E-state index is 11.3. The van der Waals surface area contributed by atoms with Crippen LogP contribution in [0.3, 0.4) is 0 Å². The summed E-state index contributed by atoms with van der Waals surface area (Å²) in [7, 11) is -3.32. The van der Waals surface area contributed by atoms with Gasteiger partial charge in [0.25, 0.3) is 0 Å². The van der Waals surface area contributed by atoms with Gasteiger partial charge in [0, 0.05) is 18.2 Å². The van der Waals surface area contributed by atoms with E-state index in [-0.39, 0.29) is 18.2 Å². The average Bonchev–Trinajstić information content (AvgIpc) is 2.29. The molecule has 6 heteroatoms. The third kappa shape index (κ3) is 4.85. The molecule has 0 aromatic carbocycles. The fourth-order valence-electron chi connectivity index (χ4n) is 1.02. The summed E-state index contributed by atoms with van der Waals surface area (Å²) in [6, 6.07) is 3.23. The van der Waals surface area contributed by atoms with E-state index < -0.39 is 10.0 Å². The largest absolute Gasteiger partial charge is 0.395 e. The fraction of sp³-hybridized carbons (Fsp3) is 0.364. The van der Waals surface area contributed by atoms with Gasteiger partial charge in [-0.15, -0.1) is 0 Å². The predicted octanol–water partition coefficient (Wildman–Crippen LogP) is 0.577. The van der Waals surface area contributed by atoms with E-state index in [0.717, 1.165) is 0 Å². The monoisotopic (exact) mass is 254 g/mol. The quantitative estimate of drug-likeness (QED) is 0.770. The Morgan fingerprint density at radius 2 is 2.29 bits per heavy atom. The van der Waals surface area contributed by atoms with Crippen LogP contribution in [0.15, 0.2) is 18.3 Å². The molecule has 1 aromatic heterocycles. The molecule has 0 aliphatic heterocycles. The molecule has 0 saturated heterocycles. The normalized spacial score (nSPS) is 10.5. The lowest BCUT2D eigenvalue weighted by molar-refractivity contribution is 0.305. The molecule has 0 radical (unpaired) electrons. The highest BCUT2D eigenvalue weighted by Gasteiger charge is 2.07. The second kappa shape index (κ2) is 6.23. The standard InChI is InChI=1S/C11H14N2O3S/c1-2-17(15,16)13-11-9-10(6-7-12-11)5-3-4-8-14/h6-7,9,14H,2,4,8H2,1H3,(H,12,13). The summed E-state index contributed by atoms with van der Waals surface area (Å²) in [5.74, 6) is 5.80. The number of nitrogens with one attached hydrogen (secondary N) is 1. The molecule has 0 spiro atoms. The number of sulfonamides is 1. The van der Waals surface area contributed by atoms with Gasteiger partial charge >= 0.3 is 0 Å². The van der Waals surface area contributed by atoms with Gasteiger partial charge in [0.1, 0.15) is 5.82 Å². The molecular formula is C11H14N2O3S. The molecular weight excluding hydrogens is 240 g/mol. The molecule has 1 heterocycles. The van der Waals surface area contributed by atoms with Crippen LogP contribution in [-0.4, -0.2) is 30.9 Å². The lowest BCUT2D eigenvalue weighted by Crippen LogP contribution is -2.15. The van der Waals surface area contributed by atoms with E-state index in [1.165, 1.54) is 6.20 Å². The van der Waals surface area contributed by atoms with Crippen molar-refractivity contribution in [2.24, 2.45) is 0 Å². The third-order valence-corrected chi connectivity index (χ3v) is 3.15. The molecule has 1 rings (SSSR count). The van der Waals surface area contributed by atoms with Crippen molar-refractivity contribution in [3.8, 4) is 11.8 Å². The summed E-state index contributed by atoms with van der Waals surface area (Å²) in [6.07, 6.45) is 1.87. The summed E-state index contributed by atoms with van der Waals surface area (Å²) < 4.78 is 25.0. The Kier molecular flexibility index (Phi) is 4.94. The first-order valence-corrected chi connectivity index (χ1v) is 6.79. The fourth-order valence-corrected chi connectivity index (χ4v) is 1.59. The van der Waals surface area contributed by atoms with Gasteiger partial charge < -0.3 is 5.11 Å². The zero-order valence-corrected chi connectivity index (χ0v) is 10.3. The first-order valence-electron chi connectivity index (χ1n) is 5.13. The lowest BCUT2D eigenvalue weighted by atomic mass is 10.2. The Morgan fingerprint density at radius 3 is 2.94 bits per heavy atom. The van der Waals surface area contributed by atoms with Crippen molar-refractivity contribution in [2.45, 2.75) is 13.3 Å². The summed E-state index contributed by atoms with van der Waals surface area (Å²) in [4.78, 5) is 3.89. The van der Waals surface area contributed by atoms with Crippen LogP contribution in [-0.2, 0) is 10.0 Å². The van der Waals surface area contributed by atoms with Gasteiger partial charge in [-0.1, -0.05) is 11.8 Å². The van der Waals surface area contributed by atoms with E-state index in [0.29, 0.717) is 12.0 Å². The molecule has 0 atom stereocenters. The van der Waals surface area contributed by atoms with Gasteiger partial charge in [-0.2, -0.15) is 0 Å². The van der Waals surface area contributed by atoms with Crippen molar-refractivity contribution in [1.82, 2.24) is 4.98 Å². The Bertz CT molecular complexity index is 529. The van der Waals surface area contributed by atoms with Crippen molar-refractivity contribution >= 4 is 15.8 Å². The summed E-state index contributed by atoms with van der Waals surface area (Å²) in [5, 5.41) is 8.58. The van der Waals surface area contributed by atoms with Crippen molar-refractivity contribution in [3.63, 3.8) is 0 Å². The number of rotatable bonds is 4. The van der Waals surface area contributed by atoms with Crippen molar-refractivity contribution in [2.75, 3.05) is 17.1 Å². The first-order chi connectivity index (χ1) is 8.07. The Labute approximate surface area is 101 Å². The summed E-state index contributed by atoms with van der Waals surface area (Å²) >= 11 is 0. The molecule has 0 saturated carbocycles. The molecule has 2 N–H and O–H groups in total. The Morgan fingerprint density at radius 1 is 1.53 bits per heavy atom. The molecule has 0 bridgehead atoms. The van der Waals surface area contributed by atoms with Crippen LogP contribution in [0.2, 0.25) is 0 Å². The summed E-state index contributed by atoms with van der Waals surface area (Å²) in [6.45, 7) is 1.56. The molecule has 1 aromatic rings. The van der Waals surface area contributed by atoms with Gasteiger partial charge in [0.05, 0.1) is 12.4 Å². The number of aliphatic hydroxyl groups excluding tert-OH is 1. The molecule has 0 aliphatic rings. The number of aliphatic hydroxyl groups is 1. The number of hydrogen-bond acceptors (Lipinski definition) is 4. The van der Waals surface area contributed by atoms with E-state index in [1.54, 1.807) is 19.1 Å². The van der Waals surface area contributed by atoms with E-state index in [9.17, 15) is 8.42 Å². The van der Waals surface area contributed by atoms with Crippen molar-refractivity contribution in [3.05, 3.63) is 23.9 Å². The molecule has 0 unspecified atom stereocenters. The van der Waals surface area contributed by atoms with E-state index >= 15 is 0 Å². The van der Waals surface area contributed by atoms with Gasteiger partial charge in [0.2, 0.25) is 10.0 Å². The smallest absolute Gasteiger partial charge is 0.233 e. The molecule has 5 nitrogen and oxygen atoms in total. The van der Waals surface area contributed by atoms with Crippen LogP contribution in [0.4, 0.5) is 5.82 Å². The van der Waals surface area contributed by atoms with Gasteiger partial charge in [0.15, 0.2) is 0 Å². The molecule has 92 valence electrons. The number of aromatic nitrogens is 1. The van der Waals surface area contributed by atoms with Crippen LogP contribution >= 0.6 is 0 Å². The zero-order valence-electron chi connectivity index (χ0n) is 9.47. The second-order valence-electron chi connectivity index (χ2n) is 3.21. The van der Waals surface area contributed by atoms with Crippen LogP contribution in [0.25, 0.3) is 0 Å². The minimum atomic E-state index is -3.32. The molecule has 0 aliphatic carbocycles. The highest BCUT2D eigenvalue weighted by atomic mass is 32.2. The van der Waals surface area contributed by atoms with E-state index in [4.69, 9.17) is 5.11 Å². The third-order valence-electron chi connectivity index (χ3n) is 1.87. The minimum Gasteiger partial charge on any atom is -0.395 e. The molecule has 0 fully saturated rings.